The summed E-state index contributed by atoms with van der Waals surface area (Å²) in [6.45, 7) is 4.97. The van der Waals surface area contributed by atoms with Crippen LogP contribution in [0.25, 0.3) is 6.08 Å². The van der Waals surface area contributed by atoms with Gasteiger partial charge in [-0.25, -0.2) is 0 Å². The summed E-state index contributed by atoms with van der Waals surface area (Å²) in [5.74, 6) is 1.38. The number of rotatable bonds is 6. The van der Waals surface area contributed by atoms with Gasteiger partial charge in [0.05, 0.1) is 22.6 Å². The van der Waals surface area contributed by atoms with Crippen LogP contribution < -0.4 is 9.47 Å². The second-order valence-electron chi connectivity index (χ2n) is 6.54. The topological polar surface area (TPSA) is 38.8 Å². The molecule has 1 aliphatic heterocycles. The van der Waals surface area contributed by atoms with E-state index in [4.69, 9.17) is 21.7 Å². The normalized spacial score (nSPS) is 19.8. The standard InChI is InChI=1S/C20H24BrNO3S2/c1-3-24-16-11-13(10-15(21)18(16)25-4-2)12-17-19(23)22(20(26)27-17)14-8-6-5-7-9-14/h10-12,14H,3-9H2,1-2H3/b17-12-. The maximum absolute atomic E-state index is 13.0. The fourth-order valence-corrected chi connectivity index (χ4v) is 5.48. The molecular weight excluding hydrogens is 446 g/mol. The molecule has 0 spiro atoms. The van der Waals surface area contributed by atoms with Crippen molar-refractivity contribution in [3.63, 3.8) is 0 Å². The molecule has 0 unspecified atom stereocenters. The fourth-order valence-electron chi connectivity index (χ4n) is 3.50. The third-order valence-corrected chi connectivity index (χ3v) is 6.60. The number of nitrogens with zero attached hydrogens (tertiary/aromatic N) is 1. The minimum Gasteiger partial charge on any atom is -0.490 e. The van der Waals surface area contributed by atoms with E-state index >= 15 is 0 Å². The highest BCUT2D eigenvalue weighted by Gasteiger charge is 2.37. The van der Waals surface area contributed by atoms with E-state index in [1.807, 2.05) is 37.0 Å². The number of carbonyl (C=O) groups is 1. The summed E-state index contributed by atoms with van der Waals surface area (Å²) in [5.41, 5.74) is 0.887. The molecule has 2 aliphatic rings. The molecule has 0 N–H and O–H groups in total. The smallest absolute Gasteiger partial charge is 0.266 e. The minimum absolute atomic E-state index is 0.0277. The monoisotopic (exact) mass is 469 g/mol. The number of thioether (sulfide) groups is 1. The van der Waals surface area contributed by atoms with Crippen molar-refractivity contribution in [1.29, 1.82) is 0 Å². The van der Waals surface area contributed by atoms with Gasteiger partial charge in [0.2, 0.25) is 0 Å². The Morgan fingerprint density at radius 1 is 1.22 bits per heavy atom. The largest absolute Gasteiger partial charge is 0.490 e. The Morgan fingerprint density at radius 3 is 2.59 bits per heavy atom. The minimum atomic E-state index is 0.0277. The van der Waals surface area contributed by atoms with E-state index in [9.17, 15) is 4.79 Å². The van der Waals surface area contributed by atoms with Crippen LogP contribution in [0.15, 0.2) is 21.5 Å². The Labute approximate surface area is 178 Å². The average Bonchev–Trinajstić information content (AvgIpc) is 2.92. The number of hydrogen-bond donors (Lipinski definition) is 0. The van der Waals surface area contributed by atoms with Crippen LogP contribution in [-0.4, -0.2) is 34.4 Å². The van der Waals surface area contributed by atoms with E-state index in [-0.39, 0.29) is 11.9 Å². The van der Waals surface area contributed by atoms with Gasteiger partial charge in [0.15, 0.2) is 11.5 Å². The van der Waals surface area contributed by atoms with Crippen LogP contribution in [0.5, 0.6) is 11.5 Å². The number of ether oxygens (including phenoxy) is 2. The molecule has 146 valence electrons. The zero-order chi connectivity index (χ0) is 19.4. The van der Waals surface area contributed by atoms with Crippen LogP contribution in [0, 0.1) is 0 Å². The lowest BCUT2D eigenvalue weighted by Gasteiger charge is -2.29. The van der Waals surface area contributed by atoms with E-state index in [1.54, 1.807) is 0 Å². The number of benzene rings is 1. The summed E-state index contributed by atoms with van der Waals surface area (Å²) in [7, 11) is 0. The second kappa shape index (κ2) is 9.43. The average molecular weight is 470 g/mol. The van der Waals surface area contributed by atoms with Crippen molar-refractivity contribution in [2.75, 3.05) is 13.2 Å². The maximum Gasteiger partial charge on any atom is 0.266 e. The zero-order valence-electron chi connectivity index (χ0n) is 15.6. The van der Waals surface area contributed by atoms with Crippen LogP contribution in [0.4, 0.5) is 0 Å². The molecule has 1 heterocycles. The number of hydrogen-bond acceptors (Lipinski definition) is 5. The number of carbonyl (C=O) groups excluding carboxylic acids is 1. The Kier molecular flexibility index (Phi) is 7.22. The summed E-state index contributed by atoms with van der Waals surface area (Å²) in [5, 5.41) is 0. The summed E-state index contributed by atoms with van der Waals surface area (Å²) >= 11 is 10.5. The van der Waals surface area contributed by atoms with E-state index in [2.05, 4.69) is 15.9 Å². The van der Waals surface area contributed by atoms with E-state index in [0.717, 1.165) is 22.9 Å². The molecule has 0 bridgehead atoms. The lowest BCUT2D eigenvalue weighted by atomic mass is 9.94. The van der Waals surface area contributed by atoms with Gasteiger partial charge in [-0.15, -0.1) is 0 Å². The highest BCUT2D eigenvalue weighted by molar-refractivity contribution is 9.10. The summed E-state index contributed by atoms with van der Waals surface area (Å²) in [6.07, 6.45) is 7.58. The van der Waals surface area contributed by atoms with Crippen molar-refractivity contribution in [1.82, 2.24) is 4.90 Å². The van der Waals surface area contributed by atoms with Gasteiger partial charge < -0.3 is 9.47 Å². The molecule has 1 aromatic carbocycles. The van der Waals surface area contributed by atoms with Gasteiger partial charge in [-0.1, -0.05) is 43.2 Å². The predicted molar refractivity (Wildman–Crippen MR) is 118 cm³/mol. The van der Waals surface area contributed by atoms with Crippen molar-refractivity contribution in [3.05, 3.63) is 27.1 Å². The molecule has 4 nitrogen and oxygen atoms in total. The number of thiocarbonyl (C=S) groups is 1. The molecule has 2 fully saturated rings. The van der Waals surface area contributed by atoms with Crippen LogP contribution in [0.2, 0.25) is 0 Å². The van der Waals surface area contributed by atoms with E-state index in [0.29, 0.717) is 33.9 Å². The zero-order valence-corrected chi connectivity index (χ0v) is 18.8. The Balaban J connectivity index is 1.87. The Hall–Kier alpha value is -1.05. The van der Waals surface area contributed by atoms with E-state index in [1.165, 1.54) is 31.0 Å². The second-order valence-corrected chi connectivity index (χ2v) is 9.07. The van der Waals surface area contributed by atoms with Crippen molar-refractivity contribution >= 4 is 56.2 Å². The highest BCUT2D eigenvalue weighted by Crippen LogP contribution is 2.40. The highest BCUT2D eigenvalue weighted by atomic mass is 79.9. The van der Waals surface area contributed by atoms with Gasteiger partial charge >= 0.3 is 0 Å². The molecule has 27 heavy (non-hydrogen) atoms. The molecule has 3 rings (SSSR count). The molecule has 1 amide bonds. The Bertz CT molecular complexity index is 760. The third-order valence-electron chi connectivity index (χ3n) is 4.68. The van der Waals surface area contributed by atoms with E-state index < -0.39 is 0 Å². The van der Waals surface area contributed by atoms with Gasteiger partial charge in [-0.2, -0.15) is 0 Å². The van der Waals surface area contributed by atoms with Crippen LogP contribution in [0.3, 0.4) is 0 Å². The molecule has 1 aromatic rings. The molecule has 1 saturated carbocycles. The summed E-state index contributed by atoms with van der Waals surface area (Å²) in [4.78, 5) is 15.5. The third kappa shape index (κ3) is 4.69. The quantitative estimate of drug-likeness (QED) is 0.389. The van der Waals surface area contributed by atoms with Crippen molar-refractivity contribution in [2.45, 2.75) is 52.0 Å². The van der Waals surface area contributed by atoms with Crippen LogP contribution in [0.1, 0.15) is 51.5 Å². The SMILES string of the molecule is CCOc1cc(/C=C2\SC(=S)N(C3CCCCC3)C2=O)cc(Br)c1OCC. The maximum atomic E-state index is 13.0. The van der Waals surface area contributed by atoms with Crippen molar-refractivity contribution in [3.8, 4) is 11.5 Å². The predicted octanol–water partition coefficient (Wildman–Crippen LogP) is 5.78. The molecule has 0 radical (unpaired) electrons. The van der Waals surface area contributed by atoms with Gasteiger partial charge in [0, 0.05) is 6.04 Å². The van der Waals surface area contributed by atoms with Gasteiger partial charge in [0.1, 0.15) is 4.32 Å². The molecular formula is C20H24BrNO3S2. The van der Waals surface area contributed by atoms with Crippen molar-refractivity contribution < 1.29 is 14.3 Å². The first kappa shape index (κ1) is 20.7. The molecule has 1 saturated heterocycles. The first-order valence-corrected chi connectivity index (χ1v) is 11.4. The first-order valence-electron chi connectivity index (χ1n) is 9.41. The van der Waals surface area contributed by atoms with Crippen LogP contribution in [-0.2, 0) is 4.79 Å². The molecule has 0 aromatic heterocycles. The summed E-state index contributed by atoms with van der Waals surface area (Å²) < 4.78 is 12.9. The fraction of sp³-hybridized carbons (Fsp3) is 0.500. The van der Waals surface area contributed by atoms with Gasteiger partial charge in [0.25, 0.3) is 5.91 Å². The Morgan fingerprint density at radius 2 is 1.93 bits per heavy atom. The molecule has 7 heteroatoms. The molecule has 1 aliphatic carbocycles. The number of amides is 1. The van der Waals surface area contributed by atoms with Crippen molar-refractivity contribution in [2.24, 2.45) is 0 Å². The van der Waals surface area contributed by atoms with Gasteiger partial charge in [-0.05, 0) is 66.4 Å². The lowest BCUT2D eigenvalue weighted by molar-refractivity contribution is -0.124. The van der Waals surface area contributed by atoms with Gasteiger partial charge in [-0.3, -0.25) is 9.69 Å². The van der Waals surface area contributed by atoms with Crippen LogP contribution >= 0.6 is 39.9 Å². The number of halogens is 1. The molecule has 0 atom stereocenters. The summed E-state index contributed by atoms with van der Waals surface area (Å²) in [6, 6.07) is 4.11. The lowest BCUT2D eigenvalue weighted by Crippen LogP contribution is -2.39. The first-order chi connectivity index (χ1) is 13.0.